The zero-order valence-corrected chi connectivity index (χ0v) is 12.5. The summed E-state index contributed by atoms with van der Waals surface area (Å²) in [6, 6.07) is 7.82. The topological polar surface area (TPSA) is 35.5 Å². The number of ketones is 1. The van der Waals surface area contributed by atoms with Crippen LogP contribution in [0.4, 0.5) is 4.39 Å². The summed E-state index contributed by atoms with van der Waals surface area (Å²) in [6.45, 7) is 3.72. The maximum Gasteiger partial charge on any atom is 0.199 e. The first-order valence-corrected chi connectivity index (χ1v) is 6.51. The highest BCUT2D eigenvalue weighted by molar-refractivity contribution is 6.12. The van der Waals surface area contributed by atoms with Gasteiger partial charge in [-0.25, -0.2) is 4.39 Å². The first-order chi connectivity index (χ1) is 9.97. The predicted octanol–water partition coefficient (Wildman–Crippen LogP) is 3.69. The van der Waals surface area contributed by atoms with Gasteiger partial charge in [0.2, 0.25) is 0 Å². The molecule has 0 radical (unpaired) electrons. The summed E-state index contributed by atoms with van der Waals surface area (Å²) in [5.41, 5.74) is 2.12. The third kappa shape index (κ3) is 2.89. The number of carbonyl (C=O) groups is 1. The summed E-state index contributed by atoms with van der Waals surface area (Å²) in [6.07, 6.45) is 0. The Balaban J connectivity index is 2.55. The number of ether oxygens (including phenoxy) is 2. The van der Waals surface area contributed by atoms with E-state index in [9.17, 15) is 9.18 Å². The van der Waals surface area contributed by atoms with Gasteiger partial charge in [-0.1, -0.05) is 6.07 Å². The van der Waals surface area contributed by atoms with Crippen molar-refractivity contribution in [2.24, 2.45) is 0 Å². The van der Waals surface area contributed by atoms with Crippen LogP contribution in [0.3, 0.4) is 0 Å². The number of aryl methyl sites for hydroxylation is 2. The monoisotopic (exact) mass is 288 g/mol. The van der Waals surface area contributed by atoms with E-state index in [1.54, 1.807) is 12.1 Å². The Morgan fingerprint density at radius 2 is 1.76 bits per heavy atom. The Bertz CT molecular complexity index is 693. The fourth-order valence-electron chi connectivity index (χ4n) is 2.32. The Morgan fingerprint density at radius 1 is 1.05 bits per heavy atom. The molecule has 0 aromatic heterocycles. The fourth-order valence-corrected chi connectivity index (χ4v) is 2.32. The van der Waals surface area contributed by atoms with Gasteiger partial charge in [0.15, 0.2) is 5.78 Å². The standard InChI is InChI=1S/C17H17FO3/c1-10-7-11(2)16(15(8-10)21-4)17(19)13-6-5-12(20-3)9-14(13)18/h5-9H,1-4H3. The van der Waals surface area contributed by atoms with Crippen molar-refractivity contribution in [3.05, 3.63) is 58.4 Å². The Hall–Kier alpha value is -2.36. The van der Waals surface area contributed by atoms with E-state index >= 15 is 0 Å². The third-order valence-corrected chi connectivity index (χ3v) is 3.31. The van der Waals surface area contributed by atoms with Crippen LogP contribution in [-0.4, -0.2) is 20.0 Å². The van der Waals surface area contributed by atoms with Crippen LogP contribution >= 0.6 is 0 Å². The van der Waals surface area contributed by atoms with Crippen LogP contribution in [0.15, 0.2) is 30.3 Å². The molecule has 110 valence electrons. The molecular formula is C17H17FO3. The van der Waals surface area contributed by atoms with Crippen LogP contribution in [0.5, 0.6) is 11.5 Å². The van der Waals surface area contributed by atoms with Crippen molar-refractivity contribution < 1.29 is 18.7 Å². The second-order valence-corrected chi connectivity index (χ2v) is 4.83. The van der Waals surface area contributed by atoms with Gasteiger partial charge in [-0.2, -0.15) is 0 Å². The summed E-state index contributed by atoms with van der Waals surface area (Å²) in [5.74, 6) is -0.185. The average Bonchev–Trinajstić information content (AvgIpc) is 2.45. The molecule has 0 spiro atoms. The summed E-state index contributed by atoms with van der Waals surface area (Å²) in [4.78, 5) is 12.6. The maximum atomic E-state index is 14.1. The molecule has 0 aliphatic rings. The van der Waals surface area contributed by atoms with Crippen molar-refractivity contribution in [2.75, 3.05) is 14.2 Å². The van der Waals surface area contributed by atoms with Crippen molar-refractivity contribution in [1.82, 2.24) is 0 Å². The van der Waals surface area contributed by atoms with Gasteiger partial charge in [-0.15, -0.1) is 0 Å². The smallest absolute Gasteiger partial charge is 0.199 e. The molecule has 0 saturated carbocycles. The van der Waals surface area contributed by atoms with Crippen molar-refractivity contribution >= 4 is 5.78 Å². The molecule has 0 N–H and O–H groups in total. The van der Waals surface area contributed by atoms with Crippen LogP contribution in [0, 0.1) is 19.7 Å². The van der Waals surface area contributed by atoms with Gasteiger partial charge in [-0.3, -0.25) is 4.79 Å². The molecule has 21 heavy (non-hydrogen) atoms. The number of rotatable bonds is 4. The minimum absolute atomic E-state index is 0.000975. The highest BCUT2D eigenvalue weighted by atomic mass is 19.1. The molecule has 2 rings (SSSR count). The highest BCUT2D eigenvalue weighted by Gasteiger charge is 2.21. The zero-order chi connectivity index (χ0) is 15.6. The van der Waals surface area contributed by atoms with Gasteiger partial charge in [0.1, 0.15) is 17.3 Å². The molecule has 0 unspecified atom stereocenters. The minimum atomic E-state index is -0.610. The van der Waals surface area contributed by atoms with E-state index in [0.717, 1.165) is 11.1 Å². The van der Waals surface area contributed by atoms with E-state index in [0.29, 0.717) is 17.1 Å². The number of methoxy groups -OCH3 is 2. The molecule has 0 amide bonds. The fraction of sp³-hybridized carbons (Fsp3) is 0.235. The summed E-state index contributed by atoms with van der Waals surface area (Å²) in [5, 5.41) is 0. The molecular weight excluding hydrogens is 271 g/mol. The first-order valence-electron chi connectivity index (χ1n) is 6.51. The van der Waals surface area contributed by atoms with Gasteiger partial charge >= 0.3 is 0 Å². The van der Waals surface area contributed by atoms with E-state index < -0.39 is 11.6 Å². The summed E-state index contributed by atoms with van der Waals surface area (Å²) in [7, 11) is 2.94. The lowest BCUT2D eigenvalue weighted by Gasteiger charge is -2.13. The SMILES string of the molecule is COc1ccc(C(=O)c2c(C)cc(C)cc2OC)c(F)c1. The van der Waals surface area contributed by atoms with Gasteiger partial charge in [-0.05, 0) is 43.2 Å². The van der Waals surface area contributed by atoms with E-state index in [2.05, 4.69) is 0 Å². The predicted molar refractivity (Wildman–Crippen MR) is 78.9 cm³/mol. The molecule has 3 nitrogen and oxygen atoms in total. The molecule has 4 heteroatoms. The molecule has 0 saturated heterocycles. The highest BCUT2D eigenvalue weighted by Crippen LogP contribution is 2.28. The van der Waals surface area contributed by atoms with Gasteiger partial charge in [0.05, 0.1) is 25.3 Å². The quantitative estimate of drug-likeness (QED) is 0.805. The van der Waals surface area contributed by atoms with Gasteiger partial charge in [0, 0.05) is 6.07 Å². The van der Waals surface area contributed by atoms with Crippen LogP contribution in [-0.2, 0) is 0 Å². The van der Waals surface area contributed by atoms with E-state index in [1.165, 1.54) is 26.4 Å². The van der Waals surface area contributed by atoms with Crippen LogP contribution in [0.1, 0.15) is 27.0 Å². The zero-order valence-electron chi connectivity index (χ0n) is 12.5. The van der Waals surface area contributed by atoms with Crippen molar-refractivity contribution in [2.45, 2.75) is 13.8 Å². The third-order valence-electron chi connectivity index (χ3n) is 3.31. The van der Waals surface area contributed by atoms with E-state index in [1.807, 2.05) is 19.9 Å². The molecule has 2 aromatic carbocycles. The molecule has 0 aliphatic carbocycles. The Kier molecular flexibility index (Phi) is 4.26. The molecule has 0 atom stereocenters. The number of hydrogen-bond donors (Lipinski definition) is 0. The Labute approximate surface area is 123 Å². The van der Waals surface area contributed by atoms with Gasteiger partial charge in [0.25, 0.3) is 0 Å². The largest absolute Gasteiger partial charge is 0.497 e. The second kappa shape index (κ2) is 5.95. The molecule has 2 aromatic rings. The molecule has 0 aliphatic heterocycles. The molecule has 0 heterocycles. The lowest BCUT2D eigenvalue weighted by molar-refractivity contribution is 0.103. The number of halogens is 1. The minimum Gasteiger partial charge on any atom is -0.497 e. The normalized spacial score (nSPS) is 10.3. The summed E-state index contributed by atoms with van der Waals surface area (Å²) >= 11 is 0. The number of hydrogen-bond acceptors (Lipinski definition) is 3. The van der Waals surface area contributed by atoms with Crippen LogP contribution < -0.4 is 9.47 Å². The van der Waals surface area contributed by atoms with Crippen molar-refractivity contribution in [3.63, 3.8) is 0 Å². The second-order valence-electron chi connectivity index (χ2n) is 4.83. The van der Waals surface area contributed by atoms with Crippen molar-refractivity contribution in [3.8, 4) is 11.5 Å². The summed E-state index contributed by atoms with van der Waals surface area (Å²) < 4.78 is 24.3. The lowest BCUT2D eigenvalue weighted by atomic mass is 9.96. The number of carbonyl (C=O) groups excluding carboxylic acids is 1. The Morgan fingerprint density at radius 3 is 2.33 bits per heavy atom. The van der Waals surface area contributed by atoms with Gasteiger partial charge < -0.3 is 9.47 Å². The lowest BCUT2D eigenvalue weighted by Crippen LogP contribution is -2.09. The molecule has 0 fully saturated rings. The number of benzene rings is 2. The average molecular weight is 288 g/mol. The molecule has 0 bridgehead atoms. The maximum absolute atomic E-state index is 14.1. The van der Waals surface area contributed by atoms with E-state index in [4.69, 9.17) is 9.47 Å². The van der Waals surface area contributed by atoms with Crippen molar-refractivity contribution in [1.29, 1.82) is 0 Å². The van der Waals surface area contributed by atoms with E-state index in [-0.39, 0.29) is 5.56 Å². The first kappa shape index (κ1) is 15.0. The van der Waals surface area contributed by atoms with Crippen LogP contribution in [0.2, 0.25) is 0 Å². The van der Waals surface area contributed by atoms with Crippen LogP contribution in [0.25, 0.3) is 0 Å².